The highest BCUT2D eigenvalue weighted by Crippen LogP contribution is 2.28. The van der Waals surface area contributed by atoms with Crippen LogP contribution in [0.5, 0.6) is 0 Å². The quantitative estimate of drug-likeness (QED) is 0.794. The predicted octanol–water partition coefficient (Wildman–Crippen LogP) is 3.27. The van der Waals surface area contributed by atoms with Crippen molar-refractivity contribution >= 4 is 39.8 Å². The van der Waals surface area contributed by atoms with Gasteiger partial charge in [-0.25, -0.2) is 0 Å². The second-order valence-corrected chi connectivity index (χ2v) is 7.63. The van der Waals surface area contributed by atoms with Crippen molar-refractivity contribution in [1.82, 2.24) is 15.5 Å². The summed E-state index contributed by atoms with van der Waals surface area (Å²) in [5.41, 5.74) is 3.50. The molecule has 0 bridgehead atoms. The third-order valence-corrected chi connectivity index (χ3v) is 5.41. The first kappa shape index (κ1) is 15.3. The minimum absolute atomic E-state index is 0.0753. The molecule has 3 rings (SSSR count). The lowest BCUT2D eigenvalue weighted by atomic mass is 10.1. The SMILES string of the molecule is Cc1ccc(Nc2nnc(SCC(=O)NC3CC3)s2)cc1C. The molecule has 1 saturated carbocycles. The molecule has 7 heteroatoms. The lowest BCUT2D eigenvalue weighted by Gasteiger charge is -2.05. The van der Waals surface area contributed by atoms with Gasteiger partial charge in [0, 0.05) is 11.7 Å². The summed E-state index contributed by atoms with van der Waals surface area (Å²) in [5.74, 6) is 0.473. The predicted molar refractivity (Wildman–Crippen MR) is 91.0 cm³/mol. The molecule has 0 atom stereocenters. The largest absolute Gasteiger partial charge is 0.353 e. The molecule has 0 spiro atoms. The minimum atomic E-state index is 0.0753. The summed E-state index contributed by atoms with van der Waals surface area (Å²) >= 11 is 2.89. The maximum Gasteiger partial charge on any atom is 0.230 e. The van der Waals surface area contributed by atoms with Crippen LogP contribution in [0.1, 0.15) is 24.0 Å². The Balaban J connectivity index is 1.53. The number of aromatic nitrogens is 2. The molecule has 5 nitrogen and oxygen atoms in total. The van der Waals surface area contributed by atoms with Crippen LogP contribution in [0, 0.1) is 13.8 Å². The summed E-state index contributed by atoms with van der Waals surface area (Å²) in [6.45, 7) is 4.17. The lowest BCUT2D eigenvalue weighted by Crippen LogP contribution is -2.26. The van der Waals surface area contributed by atoms with Crippen LogP contribution in [0.3, 0.4) is 0 Å². The van der Waals surface area contributed by atoms with Gasteiger partial charge in [-0.15, -0.1) is 10.2 Å². The zero-order chi connectivity index (χ0) is 15.5. The van der Waals surface area contributed by atoms with Crippen molar-refractivity contribution in [3.8, 4) is 0 Å². The van der Waals surface area contributed by atoms with Crippen molar-refractivity contribution in [3.63, 3.8) is 0 Å². The van der Waals surface area contributed by atoms with E-state index in [-0.39, 0.29) is 5.91 Å². The average molecular weight is 334 g/mol. The molecule has 0 aliphatic heterocycles. The number of nitrogens with zero attached hydrogens (tertiary/aromatic N) is 2. The molecule has 22 heavy (non-hydrogen) atoms. The van der Waals surface area contributed by atoms with Gasteiger partial charge in [-0.05, 0) is 49.9 Å². The van der Waals surface area contributed by atoms with E-state index in [0.29, 0.717) is 11.8 Å². The van der Waals surface area contributed by atoms with Crippen molar-refractivity contribution in [1.29, 1.82) is 0 Å². The summed E-state index contributed by atoms with van der Waals surface area (Å²) in [7, 11) is 0. The van der Waals surface area contributed by atoms with Crippen molar-refractivity contribution in [2.45, 2.75) is 37.1 Å². The van der Waals surface area contributed by atoms with Crippen molar-refractivity contribution in [3.05, 3.63) is 29.3 Å². The summed E-state index contributed by atoms with van der Waals surface area (Å²) < 4.78 is 0.803. The molecule has 1 aromatic heterocycles. The van der Waals surface area contributed by atoms with E-state index in [1.807, 2.05) is 6.07 Å². The number of anilines is 2. The molecule has 0 unspecified atom stereocenters. The smallest absolute Gasteiger partial charge is 0.230 e. The van der Waals surface area contributed by atoms with E-state index in [4.69, 9.17) is 0 Å². The molecule has 1 amide bonds. The van der Waals surface area contributed by atoms with Crippen LogP contribution in [-0.2, 0) is 4.79 Å². The lowest BCUT2D eigenvalue weighted by molar-refractivity contribution is -0.118. The van der Waals surface area contributed by atoms with Crippen LogP contribution in [0.4, 0.5) is 10.8 Å². The van der Waals surface area contributed by atoms with Gasteiger partial charge in [-0.2, -0.15) is 0 Å². The van der Waals surface area contributed by atoms with Crippen molar-refractivity contribution < 1.29 is 4.79 Å². The Bertz CT molecular complexity index is 682. The topological polar surface area (TPSA) is 66.9 Å². The molecule has 2 aromatic rings. The Morgan fingerprint density at radius 3 is 2.86 bits per heavy atom. The van der Waals surface area contributed by atoms with Crippen molar-refractivity contribution in [2.24, 2.45) is 0 Å². The van der Waals surface area contributed by atoms with E-state index < -0.39 is 0 Å². The molecular weight excluding hydrogens is 316 g/mol. The third kappa shape index (κ3) is 4.20. The van der Waals surface area contributed by atoms with Gasteiger partial charge < -0.3 is 10.6 Å². The van der Waals surface area contributed by atoms with Crippen LogP contribution < -0.4 is 10.6 Å². The highest BCUT2D eigenvalue weighted by Gasteiger charge is 2.23. The first-order valence-electron chi connectivity index (χ1n) is 7.20. The zero-order valence-electron chi connectivity index (χ0n) is 12.5. The Kier molecular flexibility index (Phi) is 4.63. The van der Waals surface area contributed by atoms with Gasteiger partial charge in [0.25, 0.3) is 0 Å². The van der Waals surface area contributed by atoms with E-state index in [1.54, 1.807) is 0 Å². The Hall–Kier alpha value is -1.60. The van der Waals surface area contributed by atoms with E-state index in [0.717, 1.165) is 28.0 Å². The average Bonchev–Trinajstić information content (AvgIpc) is 3.18. The van der Waals surface area contributed by atoms with E-state index in [1.165, 1.54) is 34.2 Å². The number of nitrogens with one attached hydrogen (secondary N) is 2. The molecular formula is C15H18N4OS2. The Labute approximate surface area is 137 Å². The van der Waals surface area contributed by atoms with E-state index >= 15 is 0 Å². The maximum absolute atomic E-state index is 11.6. The number of amides is 1. The molecule has 0 radical (unpaired) electrons. The monoisotopic (exact) mass is 334 g/mol. The Morgan fingerprint density at radius 1 is 1.32 bits per heavy atom. The maximum atomic E-state index is 11.6. The first-order valence-corrected chi connectivity index (χ1v) is 9.00. The molecule has 1 aromatic carbocycles. The van der Waals surface area contributed by atoms with Crippen LogP contribution in [-0.4, -0.2) is 27.9 Å². The van der Waals surface area contributed by atoms with Crippen molar-refractivity contribution in [2.75, 3.05) is 11.1 Å². The summed E-state index contributed by atoms with van der Waals surface area (Å²) in [6, 6.07) is 6.60. The summed E-state index contributed by atoms with van der Waals surface area (Å²) in [6.07, 6.45) is 2.22. The number of aryl methyl sites for hydroxylation is 2. The number of thioether (sulfide) groups is 1. The van der Waals surface area contributed by atoms with Gasteiger partial charge in [0.2, 0.25) is 11.0 Å². The summed E-state index contributed by atoms with van der Waals surface area (Å²) in [4.78, 5) is 11.6. The zero-order valence-corrected chi connectivity index (χ0v) is 14.2. The number of hydrogen-bond acceptors (Lipinski definition) is 6. The Morgan fingerprint density at radius 2 is 2.14 bits per heavy atom. The van der Waals surface area contributed by atoms with E-state index in [2.05, 4.69) is 46.8 Å². The van der Waals surface area contributed by atoms with Gasteiger partial charge in [0.15, 0.2) is 4.34 Å². The first-order chi connectivity index (χ1) is 10.6. The molecule has 1 fully saturated rings. The van der Waals surface area contributed by atoms with Crippen LogP contribution in [0.25, 0.3) is 0 Å². The number of carbonyl (C=O) groups excluding carboxylic acids is 1. The molecule has 1 aliphatic rings. The fraction of sp³-hybridized carbons (Fsp3) is 0.400. The van der Waals surface area contributed by atoms with Crippen LogP contribution in [0.2, 0.25) is 0 Å². The standard InChI is InChI=1S/C15H18N4OS2/c1-9-3-4-12(7-10(9)2)17-14-18-19-15(22-14)21-8-13(20)16-11-5-6-11/h3-4,7,11H,5-6,8H2,1-2H3,(H,16,20)(H,17,18). The van der Waals surface area contributed by atoms with Crippen LogP contribution in [0.15, 0.2) is 22.5 Å². The van der Waals surface area contributed by atoms with Gasteiger partial charge >= 0.3 is 0 Å². The number of carbonyl (C=O) groups is 1. The molecule has 1 aliphatic carbocycles. The normalized spacial score (nSPS) is 13.9. The minimum Gasteiger partial charge on any atom is -0.353 e. The fourth-order valence-electron chi connectivity index (χ4n) is 1.89. The molecule has 0 saturated heterocycles. The second kappa shape index (κ2) is 6.66. The van der Waals surface area contributed by atoms with Gasteiger partial charge in [0.05, 0.1) is 5.75 Å². The highest BCUT2D eigenvalue weighted by atomic mass is 32.2. The number of hydrogen-bond donors (Lipinski definition) is 2. The van der Waals surface area contributed by atoms with Gasteiger partial charge in [-0.3, -0.25) is 4.79 Å². The number of rotatable bonds is 6. The second-order valence-electron chi connectivity index (χ2n) is 5.43. The molecule has 116 valence electrons. The number of benzene rings is 1. The third-order valence-electron chi connectivity index (χ3n) is 3.43. The molecule has 2 N–H and O–H groups in total. The fourth-order valence-corrected chi connectivity index (χ4v) is 3.47. The van der Waals surface area contributed by atoms with Gasteiger partial charge in [-0.1, -0.05) is 29.2 Å². The van der Waals surface area contributed by atoms with Gasteiger partial charge in [0.1, 0.15) is 0 Å². The summed E-state index contributed by atoms with van der Waals surface area (Å²) in [5, 5.41) is 15.2. The van der Waals surface area contributed by atoms with Crippen LogP contribution >= 0.6 is 23.1 Å². The highest BCUT2D eigenvalue weighted by molar-refractivity contribution is 8.01. The van der Waals surface area contributed by atoms with E-state index in [9.17, 15) is 4.79 Å². The molecule has 1 heterocycles.